The Bertz CT molecular complexity index is 289. The van der Waals surface area contributed by atoms with Crippen LogP contribution >= 0.6 is 0 Å². The van der Waals surface area contributed by atoms with Crippen LogP contribution in [0.1, 0.15) is 0 Å². The van der Waals surface area contributed by atoms with Crippen molar-refractivity contribution in [3.8, 4) is 5.88 Å². The van der Waals surface area contributed by atoms with E-state index in [-0.39, 0.29) is 11.7 Å². The molecule has 0 spiro atoms. The third-order valence-electron chi connectivity index (χ3n) is 1.08. The van der Waals surface area contributed by atoms with E-state index in [1.165, 1.54) is 19.5 Å². The predicted molar refractivity (Wildman–Crippen MR) is 40.2 cm³/mol. The molecule has 0 radical (unpaired) electrons. The van der Waals surface area contributed by atoms with Crippen molar-refractivity contribution in [2.45, 2.75) is 0 Å². The number of methoxy groups -OCH3 is 1. The molecule has 0 aliphatic heterocycles. The minimum Gasteiger partial charge on any atom is -0.478 e. The van der Waals surface area contributed by atoms with Crippen molar-refractivity contribution >= 4 is 11.9 Å². The van der Waals surface area contributed by atoms with Crippen LogP contribution < -0.4 is 10.1 Å². The molecule has 1 rings (SSSR count). The molecule has 0 aromatic carbocycles. The van der Waals surface area contributed by atoms with Crippen molar-refractivity contribution in [3.05, 3.63) is 12.4 Å². The van der Waals surface area contributed by atoms with E-state index >= 15 is 0 Å². The summed E-state index contributed by atoms with van der Waals surface area (Å²) in [6, 6.07) is 0. The number of nitrogens with one attached hydrogen (secondary N) is 1. The molecule has 0 atom stereocenters. The van der Waals surface area contributed by atoms with Crippen molar-refractivity contribution in [1.29, 1.82) is 0 Å². The van der Waals surface area contributed by atoms with Gasteiger partial charge < -0.3 is 9.84 Å². The fourth-order valence-corrected chi connectivity index (χ4v) is 0.662. The maximum Gasteiger partial charge on any atom is 0.410 e. The summed E-state index contributed by atoms with van der Waals surface area (Å²) in [5, 5.41) is 10.4. The smallest absolute Gasteiger partial charge is 0.410 e. The summed E-state index contributed by atoms with van der Waals surface area (Å²) in [4.78, 5) is 17.7. The van der Waals surface area contributed by atoms with Gasteiger partial charge in [-0.1, -0.05) is 0 Å². The van der Waals surface area contributed by atoms with Gasteiger partial charge in [0.1, 0.15) is 0 Å². The second-order valence-corrected chi connectivity index (χ2v) is 1.84. The first-order chi connectivity index (χ1) is 5.74. The molecule has 0 saturated carbocycles. The lowest BCUT2D eigenvalue weighted by Crippen LogP contribution is -2.10. The monoisotopic (exact) mass is 169 g/mol. The van der Waals surface area contributed by atoms with Crippen molar-refractivity contribution in [3.63, 3.8) is 0 Å². The molecule has 1 amide bonds. The Morgan fingerprint density at radius 3 is 2.83 bits per heavy atom. The Morgan fingerprint density at radius 2 is 2.25 bits per heavy atom. The van der Waals surface area contributed by atoms with Gasteiger partial charge in [0, 0.05) is 12.4 Å². The number of aromatic nitrogens is 2. The number of anilines is 1. The fourth-order valence-electron chi connectivity index (χ4n) is 0.662. The first-order valence-electron chi connectivity index (χ1n) is 3.09. The Hall–Kier alpha value is -1.85. The van der Waals surface area contributed by atoms with Crippen molar-refractivity contribution < 1.29 is 14.6 Å². The predicted octanol–water partition coefficient (Wildman–Crippen LogP) is 0.575. The summed E-state index contributed by atoms with van der Waals surface area (Å²) in [5.74, 6) is 0.243. The Balaban J connectivity index is 2.89. The van der Waals surface area contributed by atoms with Crippen LogP contribution in [0.2, 0.25) is 0 Å². The Morgan fingerprint density at radius 1 is 1.58 bits per heavy atom. The van der Waals surface area contributed by atoms with Gasteiger partial charge in [0.2, 0.25) is 0 Å². The second-order valence-electron chi connectivity index (χ2n) is 1.84. The van der Waals surface area contributed by atoms with Crippen LogP contribution in [0, 0.1) is 0 Å². The molecule has 12 heavy (non-hydrogen) atoms. The Labute approximate surface area is 68.2 Å². The van der Waals surface area contributed by atoms with E-state index in [9.17, 15) is 4.79 Å². The first-order valence-corrected chi connectivity index (χ1v) is 3.09. The van der Waals surface area contributed by atoms with Gasteiger partial charge in [-0.05, 0) is 0 Å². The molecule has 2 N–H and O–H groups in total. The number of rotatable bonds is 2. The normalized spacial score (nSPS) is 9.08. The molecule has 1 aromatic rings. The number of amides is 1. The van der Waals surface area contributed by atoms with Crippen LogP contribution in [0.25, 0.3) is 0 Å². The van der Waals surface area contributed by atoms with E-state index in [1.54, 1.807) is 0 Å². The Kier molecular flexibility index (Phi) is 2.42. The fraction of sp³-hybridized carbons (Fsp3) is 0.167. The van der Waals surface area contributed by atoms with Crippen LogP contribution in [0.15, 0.2) is 12.4 Å². The molecule has 0 unspecified atom stereocenters. The maximum absolute atomic E-state index is 10.2. The topological polar surface area (TPSA) is 84.3 Å². The number of nitrogens with zero attached hydrogens (tertiary/aromatic N) is 2. The van der Waals surface area contributed by atoms with Gasteiger partial charge in [0.25, 0.3) is 5.88 Å². The third-order valence-corrected chi connectivity index (χ3v) is 1.08. The number of carboxylic acid groups (broad SMARTS) is 1. The van der Waals surface area contributed by atoms with Crippen LogP contribution in [-0.2, 0) is 0 Å². The van der Waals surface area contributed by atoms with Gasteiger partial charge in [-0.3, -0.25) is 5.32 Å². The molecule has 6 nitrogen and oxygen atoms in total. The van der Waals surface area contributed by atoms with Crippen molar-refractivity contribution in [2.75, 3.05) is 12.4 Å². The first kappa shape index (κ1) is 8.25. The lowest BCUT2D eigenvalue weighted by molar-refractivity contribution is 0.209. The van der Waals surface area contributed by atoms with E-state index in [1.807, 2.05) is 5.32 Å². The van der Waals surface area contributed by atoms with Crippen LogP contribution in [0.4, 0.5) is 10.6 Å². The second kappa shape index (κ2) is 3.51. The van der Waals surface area contributed by atoms with E-state index in [2.05, 4.69) is 9.97 Å². The van der Waals surface area contributed by atoms with Gasteiger partial charge >= 0.3 is 6.09 Å². The number of carbonyl (C=O) groups is 1. The van der Waals surface area contributed by atoms with Gasteiger partial charge in [-0.25, -0.2) is 14.8 Å². The van der Waals surface area contributed by atoms with E-state index in [4.69, 9.17) is 9.84 Å². The van der Waals surface area contributed by atoms with E-state index in [0.29, 0.717) is 0 Å². The lowest BCUT2D eigenvalue weighted by Gasteiger charge is -2.03. The summed E-state index contributed by atoms with van der Waals surface area (Å²) < 4.78 is 4.75. The minimum absolute atomic E-state index is 0.0903. The highest BCUT2D eigenvalue weighted by Crippen LogP contribution is 2.15. The van der Waals surface area contributed by atoms with Gasteiger partial charge in [0.15, 0.2) is 5.82 Å². The van der Waals surface area contributed by atoms with Crippen LogP contribution in [0.5, 0.6) is 5.88 Å². The molecule has 1 aromatic heterocycles. The van der Waals surface area contributed by atoms with Crippen molar-refractivity contribution in [1.82, 2.24) is 9.97 Å². The number of hydrogen-bond acceptors (Lipinski definition) is 4. The summed E-state index contributed by atoms with van der Waals surface area (Å²) >= 11 is 0. The van der Waals surface area contributed by atoms with E-state index in [0.717, 1.165) is 0 Å². The molecule has 1 heterocycles. The lowest BCUT2D eigenvalue weighted by atomic mass is 10.6. The highest BCUT2D eigenvalue weighted by molar-refractivity contribution is 5.82. The van der Waals surface area contributed by atoms with Crippen LogP contribution in [0.3, 0.4) is 0 Å². The van der Waals surface area contributed by atoms with Crippen molar-refractivity contribution in [2.24, 2.45) is 0 Å². The summed E-state index contributed by atoms with van der Waals surface area (Å²) in [5.41, 5.74) is 0. The highest BCUT2D eigenvalue weighted by Gasteiger charge is 2.06. The maximum atomic E-state index is 10.2. The quantitative estimate of drug-likeness (QED) is 0.676. The summed E-state index contributed by atoms with van der Waals surface area (Å²) in [7, 11) is 1.39. The largest absolute Gasteiger partial charge is 0.478 e. The van der Waals surface area contributed by atoms with E-state index < -0.39 is 6.09 Å². The molecule has 0 aliphatic carbocycles. The number of ether oxygens (including phenoxy) is 1. The molecule has 0 saturated heterocycles. The molecule has 0 fully saturated rings. The van der Waals surface area contributed by atoms with Gasteiger partial charge in [-0.2, -0.15) is 0 Å². The average Bonchev–Trinajstić information content (AvgIpc) is 2.04. The number of hydrogen-bond donors (Lipinski definition) is 2. The molecule has 6 heteroatoms. The third kappa shape index (κ3) is 1.82. The van der Waals surface area contributed by atoms with Gasteiger partial charge in [0.05, 0.1) is 7.11 Å². The molecule has 0 aliphatic rings. The average molecular weight is 169 g/mol. The standard InChI is InChI=1S/C6H7N3O3/c1-12-5-4(9-6(10)11)7-2-3-8-5/h2-3H,1H3,(H,7,9)(H,10,11). The molecule has 0 bridgehead atoms. The summed E-state index contributed by atoms with van der Waals surface area (Å²) in [6.07, 6.45) is 1.58. The molecular weight excluding hydrogens is 162 g/mol. The zero-order chi connectivity index (χ0) is 8.97. The molecular formula is C6H7N3O3. The minimum atomic E-state index is -1.20. The van der Waals surface area contributed by atoms with Gasteiger partial charge in [-0.15, -0.1) is 0 Å². The summed E-state index contributed by atoms with van der Waals surface area (Å²) in [6.45, 7) is 0. The highest BCUT2D eigenvalue weighted by atomic mass is 16.5. The van der Waals surface area contributed by atoms with Crippen LogP contribution in [-0.4, -0.2) is 28.3 Å². The SMILES string of the molecule is COc1nccnc1NC(=O)O. The molecule has 64 valence electrons. The zero-order valence-corrected chi connectivity index (χ0v) is 6.31. The zero-order valence-electron chi connectivity index (χ0n) is 6.31.